The van der Waals surface area contributed by atoms with Gasteiger partial charge in [0.15, 0.2) is 0 Å². The van der Waals surface area contributed by atoms with Crippen LogP contribution in [0.25, 0.3) is 10.8 Å². The van der Waals surface area contributed by atoms with Crippen LogP contribution in [-0.4, -0.2) is 18.1 Å². The summed E-state index contributed by atoms with van der Waals surface area (Å²) in [4.78, 5) is 12.8. The number of hydrogen-bond donors (Lipinski definition) is 1. The van der Waals surface area contributed by atoms with E-state index in [1.54, 1.807) is 0 Å². The van der Waals surface area contributed by atoms with Gasteiger partial charge in [-0.25, -0.2) is 4.79 Å². The van der Waals surface area contributed by atoms with E-state index in [2.05, 4.69) is 37.4 Å². The van der Waals surface area contributed by atoms with Crippen LogP contribution in [0, 0.1) is 5.92 Å². The Morgan fingerprint density at radius 3 is 2.56 bits per heavy atom. The second kappa shape index (κ2) is 8.37. The van der Waals surface area contributed by atoms with Gasteiger partial charge in [-0.15, -0.1) is 0 Å². The molecule has 0 saturated heterocycles. The smallest absolute Gasteiger partial charge is 0.328 e. The summed E-state index contributed by atoms with van der Waals surface area (Å²) in [6.07, 6.45) is 6.49. The molecule has 0 radical (unpaired) electrons. The third-order valence-corrected chi connectivity index (χ3v) is 4.95. The van der Waals surface area contributed by atoms with E-state index in [4.69, 9.17) is 4.74 Å². The largest absolute Gasteiger partial charge is 0.461 e. The molecule has 0 heterocycles. The average Bonchev–Trinajstić information content (AvgIpc) is 2.62. The fourth-order valence-corrected chi connectivity index (χ4v) is 3.65. The maximum Gasteiger partial charge on any atom is 0.328 e. The average molecular weight is 339 g/mol. The Hall–Kier alpha value is -2.03. The van der Waals surface area contributed by atoms with Gasteiger partial charge in [-0.05, 0) is 49.5 Å². The number of fused-ring (bicyclic) bond motifs is 1. The third-order valence-electron chi connectivity index (χ3n) is 4.95. The molecular formula is C22H29NO2. The Balaban J connectivity index is 1.76. The lowest BCUT2D eigenvalue weighted by Crippen LogP contribution is -2.35. The second-order valence-electron chi connectivity index (χ2n) is 7.55. The molecule has 3 heteroatoms. The number of hydrogen-bond acceptors (Lipinski definition) is 3. The lowest BCUT2D eigenvalue weighted by molar-refractivity contribution is -0.151. The highest BCUT2D eigenvalue weighted by molar-refractivity contribution is 5.95. The molecule has 2 aromatic rings. The summed E-state index contributed by atoms with van der Waals surface area (Å²) < 4.78 is 5.84. The van der Waals surface area contributed by atoms with Gasteiger partial charge in [0.2, 0.25) is 0 Å². The van der Waals surface area contributed by atoms with Crippen molar-refractivity contribution in [3.63, 3.8) is 0 Å². The van der Waals surface area contributed by atoms with Gasteiger partial charge >= 0.3 is 5.97 Å². The van der Waals surface area contributed by atoms with Crippen LogP contribution in [0.3, 0.4) is 0 Å². The van der Waals surface area contributed by atoms with Crippen LogP contribution in [0.4, 0.5) is 5.69 Å². The first-order chi connectivity index (χ1) is 12.1. The normalized spacial score (nSPS) is 16.8. The summed E-state index contributed by atoms with van der Waals surface area (Å²) >= 11 is 0. The molecule has 1 unspecified atom stereocenters. The third kappa shape index (κ3) is 4.75. The van der Waals surface area contributed by atoms with Gasteiger partial charge in [0, 0.05) is 11.1 Å². The molecule has 0 aliphatic heterocycles. The maximum atomic E-state index is 12.8. The molecule has 1 atom stereocenters. The Bertz CT molecular complexity index is 699. The van der Waals surface area contributed by atoms with Crippen LogP contribution in [-0.2, 0) is 9.53 Å². The van der Waals surface area contributed by atoms with Gasteiger partial charge in [-0.1, -0.05) is 56.7 Å². The fourth-order valence-electron chi connectivity index (χ4n) is 3.65. The van der Waals surface area contributed by atoms with Crippen molar-refractivity contribution >= 4 is 22.4 Å². The molecular weight excluding hydrogens is 310 g/mol. The minimum Gasteiger partial charge on any atom is -0.461 e. The Labute approximate surface area is 150 Å². The summed E-state index contributed by atoms with van der Waals surface area (Å²) in [7, 11) is 0. The van der Waals surface area contributed by atoms with Crippen molar-refractivity contribution in [2.75, 3.05) is 5.32 Å². The van der Waals surface area contributed by atoms with Crippen molar-refractivity contribution in [1.82, 2.24) is 0 Å². The molecule has 0 amide bonds. The van der Waals surface area contributed by atoms with Gasteiger partial charge in [-0.3, -0.25) is 0 Å². The lowest BCUT2D eigenvalue weighted by atomic mass is 9.97. The minimum atomic E-state index is -0.298. The first-order valence-electron chi connectivity index (χ1n) is 9.58. The van der Waals surface area contributed by atoms with E-state index in [0.717, 1.165) is 30.3 Å². The van der Waals surface area contributed by atoms with E-state index >= 15 is 0 Å². The summed E-state index contributed by atoms with van der Waals surface area (Å²) in [5, 5.41) is 5.79. The molecule has 1 N–H and O–H groups in total. The van der Waals surface area contributed by atoms with Gasteiger partial charge < -0.3 is 10.1 Å². The summed E-state index contributed by atoms with van der Waals surface area (Å²) in [6, 6.07) is 14.1. The molecule has 1 aliphatic rings. The first kappa shape index (κ1) is 17.8. The van der Waals surface area contributed by atoms with Crippen molar-refractivity contribution in [3.8, 4) is 0 Å². The Morgan fingerprint density at radius 1 is 1.08 bits per heavy atom. The van der Waals surface area contributed by atoms with Crippen LogP contribution >= 0.6 is 0 Å². The molecule has 1 aliphatic carbocycles. The monoisotopic (exact) mass is 339 g/mol. The molecule has 134 valence electrons. The quantitative estimate of drug-likeness (QED) is 0.702. The summed E-state index contributed by atoms with van der Waals surface area (Å²) in [5.41, 5.74) is 1.00. The fraction of sp³-hybridized carbons (Fsp3) is 0.500. The minimum absolute atomic E-state index is 0.102. The van der Waals surface area contributed by atoms with E-state index in [9.17, 15) is 4.79 Å². The number of rotatable bonds is 6. The van der Waals surface area contributed by atoms with Crippen LogP contribution in [0.1, 0.15) is 52.4 Å². The van der Waals surface area contributed by atoms with Gasteiger partial charge in [-0.2, -0.15) is 0 Å². The van der Waals surface area contributed by atoms with Crippen LogP contribution < -0.4 is 5.32 Å². The van der Waals surface area contributed by atoms with Crippen LogP contribution in [0.5, 0.6) is 0 Å². The molecule has 1 fully saturated rings. The SMILES string of the molecule is CC(C)CC(Nc1cccc2ccccc12)C(=O)OC1CCCCC1. The highest BCUT2D eigenvalue weighted by atomic mass is 16.5. The molecule has 1 saturated carbocycles. The van der Waals surface area contributed by atoms with Crippen LogP contribution in [0.15, 0.2) is 42.5 Å². The summed E-state index contributed by atoms with van der Waals surface area (Å²) in [6.45, 7) is 4.29. The van der Waals surface area contributed by atoms with E-state index in [0.29, 0.717) is 5.92 Å². The van der Waals surface area contributed by atoms with Gasteiger partial charge in [0.05, 0.1) is 0 Å². The number of anilines is 1. The molecule has 0 bridgehead atoms. The molecule has 0 spiro atoms. The van der Waals surface area contributed by atoms with Crippen molar-refractivity contribution in [3.05, 3.63) is 42.5 Å². The van der Waals surface area contributed by atoms with Gasteiger partial charge in [0.1, 0.15) is 12.1 Å². The number of ether oxygens (including phenoxy) is 1. The molecule has 3 rings (SSSR count). The van der Waals surface area contributed by atoms with Crippen molar-refractivity contribution < 1.29 is 9.53 Å². The standard InChI is InChI=1S/C22H29NO2/c1-16(2)15-21(22(24)25-18-11-4-3-5-12-18)23-20-14-8-10-17-9-6-7-13-19(17)20/h6-10,13-14,16,18,21,23H,3-5,11-12,15H2,1-2H3. The van der Waals surface area contributed by atoms with Crippen molar-refractivity contribution in [1.29, 1.82) is 0 Å². The molecule has 0 aromatic heterocycles. The zero-order chi connectivity index (χ0) is 17.6. The number of carbonyl (C=O) groups is 1. The predicted octanol–water partition coefficient (Wildman–Crippen LogP) is 5.54. The van der Waals surface area contributed by atoms with E-state index in [1.807, 2.05) is 24.3 Å². The topological polar surface area (TPSA) is 38.3 Å². The zero-order valence-electron chi connectivity index (χ0n) is 15.3. The second-order valence-corrected chi connectivity index (χ2v) is 7.55. The van der Waals surface area contributed by atoms with E-state index < -0.39 is 0 Å². The molecule has 3 nitrogen and oxygen atoms in total. The number of benzene rings is 2. The van der Waals surface area contributed by atoms with Crippen LogP contribution in [0.2, 0.25) is 0 Å². The number of esters is 1. The number of nitrogens with one attached hydrogen (secondary N) is 1. The molecule has 25 heavy (non-hydrogen) atoms. The summed E-state index contributed by atoms with van der Waals surface area (Å²) in [5.74, 6) is 0.319. The van der Waals surface area contributed by atoms with E-state index in [1.165, 1.54) is 24.6 Å². The maximum absolute atomic E-state index is 12.8. The number of carbonyl (C=O) groups excluding carboxylic acids is 1. The van der Waals surface area contributed by atoms with E-state index in [-0.39, 0.29) is 18.1 Å². The first-order valence-corrected chi connectivity index (χ1v) is 9.58. The highest BCUT2D eigenvalue weighted by Gasteiger charge is 2.25. The highest BCUT2D eigenvalue weighted by Crippen LogP contribution is 2.26. The molecule has 2 aromatic carbocycles. The lowest BCUT2D eigenvalue weighted by Gasteiger charge is -2.26. The van der Waals surface area contributed by atoms with Gasteiger partial charge in [0.25, 0.3) is 0 Å². The van der Waals surface area contributed by atoms with Crippen molar-refractivity contribution in [2.45, 2.75) is 64.5 Å². The van der Waals surface area contributed by atoms with Crippen molar-refractivity contribution in [2.24, 2.45) is 5.92 Å². The zero-order valence-corrected chi connectivity index (χ0v) is 15.3. The predicted molar refractivity (Wildman–Crippen MR) is 104 cm³/mol. The Morgan fingerprint density at radius 2 is 1.80 bits per heavy atom. The Kier molecular flexibility index (Phi) is 5.95.